The Kier molecular flexibility index (Phi) is 4.14. The van der Waals surface area contributed by atoms with E-state index in [1.165, 1.54) is 50.9 Å². The number of hydrogen-bond acceptors (Lipinski definition) is 2. The molecule has 1 N–H and O–H groups in total. The van der Waals surface area contributed by atoms with Gasteiger partial charge in [0.1, 0.15) is 5.82 Å². The molecule has 2 saturated heterocycles. The van der Waals surface area contributed by atoms with Crippen LogP contribution in [0.5, 0.6) is 0 Å². The number of piperidine rings is 1. The highest BCUT2D eigenvalue weighted by molar-refractivity contribution is 5.16. The third kappa shape index (κ3) is 3.34. The Balaban J connectivity index is 1.57. The maximum Gasteiger partial charge on any atom is 0.123 e. The third-order valence-electron chi connectivity index (χ3n) is 4.53. The average molecular weight is 262 g/mol. The third-order valence-corrected chi connectivity index (χ3v) is 4.53. The second-order valence-corrected chi connectivity index (χ2v) is 5.97. The fourth-order valence-electron chi connectivity index (χ4n) is 3.53. The lowest BCUT2D eigenvalue weighted by atomic mass is 9.89. The number of rotatable bonds is 3. The lowest BCUT2D eigenvalue weighted by Gasteiger charge is -2.35. The molecule has 104 valence electrons. The van der Waals surface area contributed by atoms with Crippen LogP contribution in [-0.2, 0) is 6.54 Å². The van der Waals surface area contributed by atoms with Crippen molar-refractivity contribution >= 4 is 0 Å². The van der Waals surface area contributed by atoms with Gasteiger partial charge in [-0.15, -0.1) is 0 Å². The van der Waals surface area contributed by atoms with Crippen LogP contribution < -0.4 is 5.32 Å². The molecule has 0 saturated carbocycles. The van der Waals surface area contributed by atoms with Crippen molar-refractivity contribution in [1.82, 2.24) is 10.2 Å². The molecule has 0 spiro atoms. The predicted octanol–water partition coefficient (Wildman–Crippen LogP) is 2.79. The van der Waals surface area contributed by atoms with E-state index in [-0.39, 0.29) is 5.82 Å². The van der Waals surface area contributed by atoms with E-state index >= 15 is 0 Å². The first-order chi connectivity index (χ1) is 9.31. The molecule has 2 aliphatic rings. The van der Waals surface area contributed by atoms with E-state index in [4.69, 9.17) is 0 Å². The van der Waals surface area contributed by atoms with Crippen LogP contribution in [0.4, 0.5) is 4.39 Å². The highest BCUT2D eigenvalue weighted by Gasteiger charge is 2.28. The lowest BCUT2D eigenvalue weighted by Crippen LogP contribution is -2.43. The van der Waals surface area contributed by atoms with Crippen LogP contribution in [0.2, 0.25) is 0 Å². The van der Waals surface area contributed by atoms with Crippen LogP contribution >= 0.6 is 0 Å². The van der Waals surface area contributed by atoms with Crippen molar-refractivity contribution in [3.8, 4) is 0 Å². The molecule has 2 nitrogen and oxygen atoms in total. The van der Waals surface area contributed by atoms with Gasteiger partial charge in [0.05, 0.1) is 0 Å². The average Bonchev–Trinajstić information content (AvgIpc) is 2.96. The smallest absolute Gasteiger partial charge is 0.123 e. The standard InChI is InChI=1S/C16H23FN2/c17-15-7-5-13(6-8-15)11-19-10-2-3-14(12-19)16-4-1-9-18-16/h5-8,14,16,18H,1-4,9-12H2. The molecule has 3 rings (SSSR count). The number of hydrogen-bond donors (Lipinski definition) is 1. The zero-order valence-corrected chi connectivity index (χ0v) is 11.4. The van der Waals surface area contributed by atoms with Crippen molar-refractivity contribution < 1.29 is 4.39 Å². The summed E-state index contributed by atoms with van der Waals surface area (Å²) in [7, 11) is 0. The fourth-order valence-corrected chi connectivity index (χ4v) is 3.53. The molecule has 0 radical (unpaired) electrons. The molecule has 0 aliphatic carbocycles. The van der Waals surface area contributed by atoms with Gasteiger partial charge in [-0.3, -0.25) is 4.90 Å². The lowest BCUT2D eigenvalue weighted by molar-refractivity contribution is 0.145. The van der Waals surface area contributed by atoms with Crippen molar-refractivity contribution in [3.63, 3.8) is 0 Å². The van der Waals surface area contributed by atoms with Gasteiger partial charge in [-0.25, -0.2) is 4.39 Å². The van der Waals surface area contributed by atoms with E-state index in [0.717, 1.165) is 18.5 Å². The van der Waals surface area contributed by atoms with Gasteiger partial charge in [-0.05, 0) is 62.4 Å². The van der Waals surface area contributed by atoms with Crippen LogP contribution in [-0.4, -0.2) is 30.6 Å². The topological polar surface area (TPSA) is 15.3 Å². The Morgan fingerprint density at radius 2 is 2.00 bits per heavy atom. The summed E-state index contributed by atoms with van der Waals surface area (Å²) in [6.45, 7) is 4.53. The maximum absolute atomic E-state index is 12.9. The number of likely N-dealkylation sites (tertiary alicyclic amines) is 1. The second-order valence-electron chi connectivity index (χ2n) is 5.97. The minimum absolute atomic E-state index is 0.143. The van der Waals surface area contributed by atoms with Crippen LogP contribution in [0.25, 0.3) is 0 Å². The molecule has 19 heavy (non-hydrogen) atoms. The second kappa shape index (κ2) is 6.02. The normalized spacial score (nSPS) is 28.7. The monoisotopic (exact) mass is 262 g/mol. The van der Waals surface area contributed by atoms with Crippen molar-refractivity contribution in [2.24, 2.45) is 5.92 Å². The summed E-state index contributed by atoms with van der Waals surface area (Å²) in [4.78, 5) is 2.53. The summed E-state index contributed by atoms with van der Waals surface area (Å²) in [6.07, 6.45) is 5.33. The van der Waals surface area contributed by atoms with Crippen LogP contribution in [0.3, 0.4) is 0 Å². The van der Waals surface area contributed by atoms with Crippen LogP contribution in [0, 0.1) is 11.7 Å². The largest absolute Gasteiger partial charge is 0.314 e. The molecule has 3 heteroatoms. The molecule has 0 bridgehead atoms. The Labute approximate surface area is 115 Å². The predicted molar refractivity (Wildman–Crippen MR) is 75.4 cm³/mol. The van der Waals surface area contributed by atoms with Gasteiger partial charge >= 0.3 is 0 Å². The molecular formula is C16H23FN2. The summed E-state index contributed by atoms with van der Waals surface area (Å²) in [6, 6.07) is 7.68. The fraction of sp³-hybridized carbons (Fsp3) is 0.625. The van der Waals surface area contributed by atoms with E-state index < -0.39 is 0 Å². The van der Waals surface area contributed by atoms with E-state index in [1.807, 2.05) is 12.1 Å². The van der Waals surface area contributed by atoms with Gasteiger partial charge in [0.15, 0.2) is 0 Å². The van der Waals surface area contributed by atoms with E-state index in [0.29, 0.717) is 0 Å². The summed E-state index contributed by atoms with van der Waals surface area (Å²) in [5, 5.41) is 3.64. The number of nitrogens with zero attached hydrogens (tertiary/aromatic N) is 1. The number of nitrogens with one attached hydrogen (secondary N) is 1. The van der Waals surface area contributed by atoms with Crippen molar-refractivity contribution in [2.75, 3.05) is 19.6 Å². The van der Waals surface area contributed by atoms with E-state index in [2.05, 4.69) is 10.2 Å². The Hall–Kier alpha value is -0.930. The molecule has 0 amide bonds. The molecule has 2 atom stereocenters. The van der Waals surface area contributed by atoms with Crippen LogP contribution in [0.1, 0.15) is 31.2 Å². The molecular weight excluding hydrogens is 239 g/mol. The quantitative estimate of drug-likeness (QED) is 0.901. The van der Waals surface area contributed by atoms with Gasteiger partial charge in [-0.1, -0.05) is 12.1 Å². The molecule has 2 unspecified atom stereocenters. The summed E-state index contributed by atoms with van der Waals surface area (Å²) >= 11 is 0. The summed E-state index contributed by atoms with van der Waals surface area (Å²) in [5.41, 5.74) is 1.22. The maximum atomic E-state index is 12.9. The highest BCUT2D eigenvalue weighted by atomic mass is 19.1. The first-order valence-corrected chi connectivity index (χ1v) is 7.51. The zero-order chi connectivity index (χ0) is 13.1. The number of halogens is 1. The van der Waals surface area contributed by atoms with Gasteiger partial charge in [0.25, 0.3) is 0 Å². The van der Waals surface area contributed by atoms with Crippen molar-refractivity contribution in [1.29, 1.82) is 0 Å². The molecule has 2 aliphatic heterocycles. The molecule has 1 aromatic carbocycles. The van der Waals surface area contributed by atoms with Crippen molar-refractivity contribution in [2.45, 2.75) is 38.3 Å². The minimum atomic E-state index is -0.143. The van der Waals surface area contributed by atoms with Crippen LogP contribution in [0.15, 0.2) is 24.3 Å². The van der Waals surface area contributed by atoms with Gasteiger partial charge in [0.2, 0.25) is 0 Å². The van der Waals surface area contributed by atoms with Gasteiger partial charge in [0, 0.05) is 19.1 Å². The summed E-state index contributed by atoms with van der Waals surface area (Å²) < 4.78 is 12.9. The highest BCUT2D eigenvalue weighted by Crippen LogP contribution is 2.25. The Bertz CT molecular complexity index is 398. The van der Waals surface area contributed by atoms with Crippen molar-refractivity contribution in [3.05, 3.63) is 35.6 Å². The van der Waals surface area contributed by atoms with E-state index in [1.54, 1.807) is 12.1 Å². The molecule has 0 aromatic heterocycles. The zero-order valence-electron chi connectivity index (χ0n) is 11.4. The van der Waals surface area contributed by atoms with E-state index in [9.17, 15) is 4.39 Å². The first-order valence-electron chi connectivity index (χ1n) is 7.51. The molecule has 2 heterocycles. The number of benzene rings is 1. The summed E-state index contributed by atoms with van der Waals surface area (Å²) in [5.74, 6) is 0.659. The van der Waals surface area contributed by atoms with Gasteiger partial charge < -0.3 is 5.32 Å². The Morgan fingerprint density at radius 1 is 1.16 bits per heavy atom. The molecule has 1 aromatic rings. The molecule has 2 fully saturated rings. The first kappa shape index (κ1) is 13.1. The minimum Gasteiger partial charge on any atom is -0.314 e. The van der Waals surface area contributed by atoms with Gasteiger partial charge in [-0.2, -0.15) is 0 Å². The Morgan fingerprint density at radius 3 is 2.74 bits per heavy atom. The SMILES string of the molecule is Fc1ccc(CN2CCCC(C3CCCN3)C2)cc1.